The van der Waals surface area contributed by atoms with Gasteiger partial charge in [0.05, 0.1) is 0 Å². The summed E-state index contributed by atoms with van der Waals surface area (Å²) >= 11 is 0. The van der Waals surface area contributed by atoms with Gasteiger partial charge in [-0.05, 0) is 17.9 Å². The third-order valence-corrected chi connectivity index (χ3v) is 3.91. The summed E-state index contributed by atoms with van der Waals surface area (Å²) in [4.78, 5) is 2.48. The molecule has 1 aliphatic carbocycles. The summed E-state index contributed by atoms with van der Waals surface area (Å²) in [7, 11) is 0. The van der Waals surface area contributed by atoms with E-state index in [0.717, 1.165) is 6.54 Å². The van der Waals surface area contributed by atoms with E-state index in [1.54, 1.807) is 0 Å². The molecule has 1 spiro atoms. The minimum Gasteiger partial charge on any atom is -0.396 e. The highest BCUT2D eigenvalue weighted by molar-refractivity contribution is 5.17. The maximum absolute atomic E-state index is 9.06. The van der Waals surface area contributed by atoms with Crippen molar-refractivity contribution in [1.82, 2.24) is 4.90 Å². The lowest BCUT2D eigenvalue weighted by Gasteiger charge is -2.41. The van der Waals surface area contributed by atoms with E-state index in [2.05, 4.69) is 35.2 Å². The summed E-state index contributed by atoms with van der Waals surface area (Å²) < 4.78 is 0. The summed E-state index contributed by atoms with van der Waals surface area (Å²) in [5.41, 5.74) is 1.91. The molecule has 0 radical (unpaired) electrons. The van der Waals surface area contributed by atoms with Gasteiger partial charge in [0.25, 0.3) is 0 Å². The number of likely N-dealkylation sites (tertiary alicyclic amines) is 1. The monoisotopic (exact) mass is 203 g/mol. The Morgan fingerprint density at radius 2 is 2.00 bits per heavy atom. The second-order valence-corrected chi connectivity index (χ2v) is 5.08. The molecule has 1 saturated carbocycles. The first-order valence-electron chi connectivity index (χ1n) is 5.69. The summed E-state index contributed by atoms with van der Waals surface area (Å²) in [6.07, 6.45) is 1.24. The number of benzene rings is 1. The normalized spacial score (nSPS) is 27.7. The predicted molar refractivity (Wildman–Crippen MR) is 59.3 cm³/mol. The predicted octanol–water partition coefficient (Wildman–Crippen LogP) is 1.50. The lowest BCUT2D eigenvalue weighted by molar-refractivity contribution is 0.0524. The molecule has 1 aliphatic heterocycles. The first kappa shape index (κ1) is 9.37. The molecule has 1 saturated heterocycles. The molecular weight excluding hydrogens is 186 g/mol. The van der Waals surface area contributed by atoms with Gasteiger partial charge < -0.3 is 5.11 Å². The third-order valence-electron chi connectivity index (χ3n) is 3.91. The van der Waals surface area contributed by atoms with Gasteiger partial charge in [-0.15, -0.1) is 0 Å². The Morgan fingerprint density at radius 1 is 1.27 bits per heavy atom. The Labute approximate surface area is 90.5 Å². The average molecular weight is 203 g/mol. The second kappa shape index (κ2) is 3.32. The summed E-state index contributed by atoms with van der Waals surface area (Å²) in [5, 5.41) is 9.06. The van der Waals surface area contributed by atoms with E-state index in [1.807, 2.05) is 0 Å². The molecule has 3 rings (SSSR count). The number of hydrogen-bond acceptors (Lipinski definition) is 2. The zero-order chi connectivity index (χ0) is 10.3. The van der Waals surface area contributed by atoms with Crippen molar-refractivity contribution >= 4 is 0 Å². The van der Waals surface area contributed by atoms with Crippen molar-refractivity contribution in [1.29, 1.82) is 0 Å². The van der Waals surface area contributed by atoms with Crippen LogP contribution in [0, 0.1) is 11.3 Å². The summed E-state index contributed by atoms with van der Waals surface area (Å²) in [6.45, 7) is 3.83. The van der Waals surface area contributed by atoms with Crippen LogP contribution < -0.4 is 0 Å². The van der Waals surface area contributed by atoms with Gasteiger partial charge in [0.1, 0.15) is 0 Å². The molecule has 80 valence electrons. The SMILES string of the molecule is OCC1CC12CN(Cc1ccccc1)C2. The van der Waals surface area contributed by atoms with E-state index in [-0.39, 0.29) is 0 Å². The molecule has 15 heavy (non-hydrogen) atoms. The molecule has 1 N–H and O–H groups in total. The number of hydrogen-bond donors (Lipinski definition) is 1. The van der Waals surface area contributed by atoms with Crippen molar-refractivity contribution in [3.05, 3.63) is 35.9 Å². The van der Waals surface area contributed by atoms with Crippen molar-refractivity contribution < 1.29 is 5.11 Å². The van der Waals surface area contributed by atoms with Crippen LogP contribution in [0.15, 0.2) is 30.3 Å². The van der Waals surface area contributed by atoms with Crippen LogP contribution in [-0.2, 0) is 6.54 Å². The molecule has 2 fully saturated rings. The zero-order valence-corrected chi connectivity index (χ0v) is 8.89. The Bertz CT molecular complexity index is 343. The van der Waals surface area contributed by atoms with Crippen LogP contribution in [0.4, 0.5) is 0 Å². The van der Waals surface area contributed by atoms with E-state index in [9.17, 15) is 0 Å². The fourth-order valence-corrected chi connectivity index (χ4v) is 2.88. The second-order valence-electron chi connectivity index (χ2n) is 5.08. The van der Waals surface area contributed by atoms with E-state index < -0.39 is 0 Å². The van der Waals surface area contributed by atoms with Crippen LogP contribution in [0.3, 0.4) is 0 Å². The molecule has 0 amide bonds. The molecule has 2 nitrogen and oxygen atoms in total. The Kier molecular flexibility index (Phi) is 2.08. The minimum absolute atomic E-state index is 0.388. The van der Waals surface area contributed by atoms with Crippen LogP contribution in [0.5, 0.6) is 0 Å². The molecule has 2 heteroatoms. The topological polar surface area (TPSA) is 23.5 Å². The van der Waals surface area contributed by atoms with Crippen molar-refractivity contribution in [2.24, 2.45) is 11.3 Å². The quantitative estimate of drug-likeness (QED) is 0.804. The molecular formula is C13H17NO. The molecule has 1 aromatic carbocycles. The first-order chi connectivity index (χ1) is 7.32. The van der Waals surface area contributed by atoms with Gasteiger partial charge in [-0.2, -0.15) is 0 Å². The standard InChI is InChI=1S/C13H17NO/c15-8-12-6-13(12)9-14(10-13)7-11-4-2-1-3-5-11/h1-5,12,15H,6-10H2. The average Bonchev–Trinajstić information content (AvgIpc) is 2.93. The molecule has 0 aromatic heterocycles. The maximum atomic E-state index is 9.06. The Morgan fingerprint density at radius 3 is 2.60 bits per heavy atom. The van der Waals surface area contributed by atoms with Crippen molar-refractivity contribution in [3.8, 4) is 0 Å². The molecule has 1 aromatic rings. The Hall–Kier alpha value is -0.860. The van der Waals surface area contributed by atoms with Crippen LogP contribution >= 0.6 is 0 Å². The Balaban J connectivity index is 1.53. The number of nitrogens with zero attached hydrogens (tertiary/aromatic N) is 1. The molecule has 0 bridgehead atoms. The van der Waals surface area contributed by atoms with Crippen molar-refractivity contribution in [2.45, 2.75) is 13.0 Å². The van der Waals surface area contributed by atoms with Crippen LogP contribution in [0.2, 0.25) is 0 Å². The smallest absolute Gasteiger partial charge is 0.0465 e. The molecule has 1 atom stereocenters. The van der Waals surface area contributed by atoms with Crippen molar-refractivity contribution in [3.63, 3.8) is 0 Å². The van der Waals surface area contributed by atoms with Crippen molar-refractivity contribution in [2.75, 3.05) is 19.7 Å². The van der Waals surface area contributed by atoms with Crippen LogP contribution in [0.1, 0.15) is 12.0 Å². The lowest BCUT2D eigenvalue weighted by Crippen LogP contribution is -2.49. The molecule has 1 unspecified atom stereocenters. The van der Waals surface area contributed by atoms with Crippen LogP contribution in [0.25, 0.3) is 0 Å². The number of aliphatic hydroxyl groups is 1. The van der Waals surface area contributed by atoms with Gasteiger partial charge in [-0.25, -0.2) is 0 Å². The van der Waals surface area contributed by atoms with Gasteiger partial charge in [0.2, 0.25) is 0 Å². The van der Waals surface area contributed by atoms with Gasteiger partial charge in [0, 0.05) is 31.7 Å². The van der Waals surface area contributed by atoms with Gasteiger partial charge in [-0.1, -0.05) is 30.3 Å². The van der Waals surface area contributed by atoms with E-state index in [0.29, 0.717) is 17.9 Å². The molecule has 1 heterocycles. The summed E-state index contributed by atoms with van der Waals surface area (Å²) in [5.74, 6) is 0.601. The van der Waals surface area contributed by atoms with Crippen LogP contribution in [-0.4, -0.2) is 29.7 Å². The van der Waals surface area contributed by atoms with E-state index in [1.165, 1.54) is 25.1 Å². The maximum Gasteiger partial charge on any atom is 0.0465 e. The van der Waals surface area contributed by atoms with Gasteiger partial charge in [-0.3, -0.25) is 4.90 Å². The highest BCUT2D eigenvalue weighted by Crippen LogP contribution is 2.58. The fraction of sp³-hybridized carbons (Fsp3) is 0.538. The summed E-state index contributed by atoms with van der Waals surface area (Å²) in [6, 6.07) is 10.6. The highest BCUT2D eigenvalue weighted by Gasteiger charge is 2.60. The molecule has 2 aliphatic rings. The zero-order valence-electron chi connectivity index (χ0n) is 8.89. The number of aliphatic hydroxyl groups excluding tert-OH is 1. The van der Waals surface area contributed by atoms with Gasteiger partial charge >= 0.3 is 0 Å². The first-order valence-corrected chi connectivity index (χ1v) is 5.69. The van der Waals surface area contributed by atoms with E-state index in [4.69, 9.17) is 5.11 Å². The third kappa shape index (κ3) is 1.58. The van der Waals surface area contributed by atoms with Gasteiger partial charge in [0.15, 0.2) is 0 Å². The lowest BCUT2D eigenvalue weighted by atomic mass is 9.93. The number of rotatable bonds is 3. The minimum atomic E-state index is 0.388. The largest absolute Gasteiger partial charge is 0.396 e. The fourth-order valence-electron chi connectivity index (χ4n) is 2.88. The highest BCUT2D eigenvalue weighted by atomic mass is 16.3. The van der Waals surface area contributed by atoms with E-state index >= 15 is 0 Å².